The number of ether oxygens (including phenoxy) is 2. The third-order valence-corrected chi connectivity index (χ3v) is 9.90. The molecule has 12 heteroatoms. The second-order valence-corrected chi connectivity index (χ2v) is 13.8. The number of rotatable bonds is 16. The van der Waals surface area contributed by atoms with Crippen LogP contribution in [0.2, 0.25) is 0 Å². The minimum atomic E-state index is -0.557. The van der Waals surface area contributed by atoms with Crippen LogP contribution in [0.4, 0.5) is 11.4 Å². The van der Waals surface area contributed by atoms with Gasteiger partial charge in [-0.1, -0.05) is 97.0 Å². The molecule has 2 amide bonds. The van der Waals surface area contributed by atoms with Crippen LogP contribution in [0.25, 0.3) is 11.1 Å². The molecule has 6 rings (SSSR count). The van der Waals surface area contributed by atoms with Crippen molar-refractivity contribution in [2.24, 2.45) is 0 Å². The quantitative estimate of drug-likeness (QED) is 0.0407. The Hall–Kier alpha value is -5.01. The SMILES string of the molecule is Nc1ccccc1NC(=O)CCCCCC(=O)NCc1cccc(-c2ccc([C@@H]3O[C@H](CSc4ncn[nH]4)C[C@H](c4ccc(CO)cc4)O3)cc2)c1. The maximum absolute atomic E-state index is 12.6. The van der Waals surface area contributed by atoms with E-state index in [1.54, 1.807) is 23.9 Å². The molecular weight excluding hydrogens is 677 g/mol. The number of para-hydroxylation sites is 2. The number of thioether (sulfide) groups is 1. The zero-order valence-corrected chi connectivity index (χ0v) is 29.7. The summed E-state index contributed by atoms with van der Waals surface area (Å²) in [4.78, 5) is 29.0. The van der Waals surface area contributed by atoms with Gasteiger partial charge in [-0.05, 0) is 58.9 Å². The lowest BCUT2D eigenvalue weighted by molar-refractivity contribution is -0.245. The van der Waals surface area contributed by atoms with Crippen molar-refractivity contribution in [3.63, 3.8) is 0 Å². The highest BCUT2D eigenvalue weighted by Gasteiger charge is 2.32. The number of hydrogen-bond acceptors (Lipinski definition) is 9. The largest absolute Gasteiger partial charge is 0.397 e. The van der Waals surface area contributed by atoms with Gasteiger partial charge in [-0.3, -0.25) is 14.7 Å². The summed E-state index contributed by atoms with van der Waals surface area (Å²) in [6, 6.07) is 31.4. The summed E-state index contributed by atoms with van der Waals surface area (Å²) >= 11 is 1.56. The van der Waals surface area contributed by atoms with E-state index < -0.39 is 6.29 Å². The molecule has 0 radical (unpaired) electrons. The van der Waals surface area contributed by atoms with Crippen molar-refractivity contribution < 1.29 is 24.2 Å². The molecule has 0 saturated carbocycles. The molecule has 270 valence electrons. The number of H-pyrrole nitrogens is 1. The van der Waals surface area contributed by atoms with Crippen LogP contribution in [0, 0.1) is 0 Å². The van der Waals surface area contributed by atoms with Gasteiger partial charge < -0.3 is 30.9 Å². The van der Waals surface area contributed by atoms with Crippen molar-refractivity contribution in [1.82, 2.24) is 20.5 Å². The molecule has 0 unspecified atom stereocenters. The number of amides is 2. The highest BCUT2D eigenvalue weighted by atomic mass is 32.2. The van der Waals surface area contributed by atoms with Gasteiger partial charge in [0.15, 0.2) is 11.4 Å². The number of anilines is 2. The topological polar surface area (TPSA) is 164 Å². The van der Waals surface area contributed by atoms with Gasteiger partial charge >= 0.3 is 0 Å². The van der Waals surface area contributed by atoms with Crippen LogP contribution < -0.4 is 16.4 Å². The van der Waals surface area contributed by atoms with Crippen LogP contribution in [0.5, 0.6) is 0 Å². The third kappa shape index (κ3) is 10.5. The van der Waals surface area contributed by atoms with E-state index in [9.17, 15) is 14.7 Å². The summed E-state index contributed by atoms with van der Waals surface area (Å²) in [5, 5.41) is 22.9. The monoisotopic (exact) mass is 720 g/mol. The van der Waals surface area contributed by atoms with Crippen LogP contribution in [0.3, 0.4) is 0 Å². The standard InChI is InChI=1S/C40H44N6O5S/c41-34-9-4-5-10-35(34)45-38(49)12-3-1-2-11-37(48)42-23-28-7-6-8-32(21-28)29-17-19-31(20-18-29)39-50-33(25-52-40-43-26-44-46-40)22-36(51-39)30-15-13-27(24-47)14-16-30/h4-10,13-21,26,33,36,39,47H,1-3,11-12,22-25,41H2,(H,42,48)(H,45,49)(H,43,44,46)/t33-,36+,39+/m0/s1. The number of nitrogen functional groups attached to an aromatic ring is 1. The number of nitrogens with one attached hydrogen (secondary N) is 3. The Bertz CT molecular complexity index is 1890. The molecule has 0 bridgehead atoms. The molecule has 1 aliphatic rings. The molecule has 1 fully saturated rings. The van der Waals surface area contributed by atoms with Crippen molar-refractivity contribution in [2.75, 3.05) is 16.8 Å². The zero-order valence-electron chi connectivity index (χ0n) is 28.9. The van der Waals surface area contributed by atoms with Gasteiger partial charge in [0.1, 0.15) is 6.33 Å². The van der Waals surface area contributed by atoms with Crippen LogP contribution in [-0.2, 0) is 32.2 Å². The first kappa shape index (κ1) is 36.8. The van der Waals surface area contributed by atoms with Crippen molar-refractivity contribution in [3.05, 3.63) is 126 Å². The number of nitrogens with zero attached hydrogens (tertiary/aromatic N) is 2. The van der Waals surface area contributed by atoms with Gasteiger partial charge in [-0.15, -0.1) is 0 Å². The van der Waals surface area contributed by atoms with Crippen molar-refractivity contribution in [3.8, 4) is 11.1 Å². The average molecular weight is 721 g/mol. The Morgan fingerprint density at radius 3 is 2.37 bits per heavy atom. The van der Waals surface area contributed by atoms with E-state index in [0.29, 0.717) is 55.8 Å². The minimum absolute atomic E-state index is 0.00512. The summed E-state index contributed by atoms with van der Waals surface area (Å²) in [5.74, 6) is 0.598. The lowest BCUT2D eigenvalue weighted by atomic mass is 9.99. The number of hydrogen-bond donors (Lipinski definition) is 5. The van der Waals surface area contributed by atoms with Gasteiger partial charge in [0.25, 0.3) is 0 Å². The van der Waals surface area contributed by atoms with Crippen LogP contribution >= 0.6 is 11.8 Å². The van der Waals surface area contributed by atoms with Crippen LogP contribution in [-0.4, -0.2) is 44.0 Å². The molecule has 1 aromatic heterocycles. The van der Waals surface area contributed by atoms with Crippen molar-refractivity contribution in [2.45, 2.75) is 75.3 Å². The van der Waals surface area contributed by atoms with Crippen LogP contribution in [0.1, 0.15) is 73.2 Å². The molecule has 0 aliphatic carbocycles. The lowest BCUT2D eigenvalue weighted by Gasteiger charge is -2.36. The molecule has 1 saturated heterocycles. The highest BCUT2D eigenvalue weighted by Crippen LogP contribution is 2.39. The summed E-state index contributed by atoms with van der Waals surface area (Å²) in [6.07, 6.45) is 4.35. The molecule has 1 aliphatic heterocycles. The fourth-order valence-electron chi connectivity index (χ4n) is 6.01. The number of aromatic amines is 1. The van der Waals surface area contributed by atoms with Gasteiger partial charge in [-0.2, -0.15) is 5.10 Å². The molecule has 3 atom stereocenters. The van der Waals surface area contributed by atoms with E-state index in [-0.39, 0.29) is 30.6 Å². The Balaban J connectivity index is 0.989. The van der Waals surface area contributed by atoms with E-state index in [1.807, 2.05) is 60.7 Å². The van der Waals surface area contributed by atoms with Crippen LogP contribution in [0.15, 0.2) is 109 Å². The number of unbranched alkanes of at least 4 members (excludes halogenated alkanes) is 2. The Kier molecular flexibility index (Phi) is 13.1. The van der Waals surface area contributed by atoms with E-state index in [2.05, 4.69) is 50.1 Å². The Morgan fingerprint density at radius 1 is 0.846 bits per heavy atom. The molecule has 0 spiro atoms. The van der Waals surface area contributed by atoms with E-state index >= 15 is 0 Å². The molecule has 11 nitrogen and oxygen atoms in total. The zero-order chi connectivity index (χ0) is 36.1. The predicted octanol–water partition coefficient (Wildman–Crippen LogP) is 7.09. The summed E-state index contributed by atoms with van der Waals surface area (Å²) in [7, 11) is 0. The number of benzene rings is 4. The highest BCUT2D eigenvalue weighted by molar-refractivity contribution is 7.99. The molecule has 4 aromatic carbocycles. The maximum atomic E-state index is 12.6. The predicted molar refractivity (Wildman–Crippen MR) is 202 cm³/mol. The number of aliphatic hydroxyl groups is 1. The van der Waals surface area contributed by atoms with E-state index in [1.165, 1.54) is 6.33 Å². The maximum Gasteiger partial charge on any atom is 0.224 e. The van der Waals surface area contributed by atoms with Gasteiger partial charge in [-0.25, -0.2) is 4.98 Å². The van der Waals surface area contributed by atoms with Gasteiger partial charge in [0, 0.05) is 37.1 Å². The summed E-state index contributed by atoms with van der Waals surface area (Å²) < 4.78 is 13.0. The molecule has 52 heavy (non-hydrogen) atoms. The lowest BCUT2D eigenvalue weighted by Crippen LogP contribution is -2.31. The van der Waals surface area contributed by atoms with Gasteiger partial charge in [0.2, 0.25) is 11.8 Å². The first-order valence-corrected chi connectivity index (χ1v) is 18.5. The van der Waals surface area contributed by atoms with E-state index in [4.69, 9.17) is 15.2 Å². The smallest absolute Gasteiger partial charge is 0.224 e. The number of aliphatic hydroxyl groups excluding tert-OH is 1. The van der Waals surface area contributed by atoms with Crippen molar-refractivity contribution in [1.29, 1.82) is 0 Å². The number of carbonyl (C=O) groups is 2. The number of nitrogens with two attached hydrogens (primary N) is 1. The van der Waals surface area contributed by atoms with Gasteiger partial charge in [0.05, 0.1) is 30.2 Å². The molecular formula is C40H44N6O5S. The summed E-state index contributed by atoms with van der Waals surface area (Å²) in [5.41, 5.74) is 13.0. The second kappa shape index (κ2) is 18.5. The number of aromatic nitrogens is 3. The first-order valence-electron chi connectivity index (χ1n) is 17.5. The minimum Gasteiger partial charge on any atom is -0.397 e. The Morgan fingerprint density at radius 2 is 1.62 bits per heavy atom. The van der Waals surface area contributed by atoms with E-state index in [0.717, 1.165) is 45.0 Å². The fourth-order valence-corrected chi connectivity index (χ4v) is 6.81. The fraction of sp³-hybridized carbons (Fsp3) is 0.300. The molecule has 2 heterocycles. The first-order chi connectivity index (χ1) is 25.4. The molecule has 5 aromatic rings. The normalized spacial score (nSPS) is 17.1. The second-order valence-electron chi connectivity index (χ2n) is 12.7. The van der Waals surface area contributed by atoms with Crippen molar-refractivity contribution >= 4 is 35.0 Å². The molecule has 6 N–H and O–H groups in total. The Labute approximate surface area is 307 Å². The third-order valence-electron chi connectivity index (χ3n) is 8.89. The average Bonchev–Trinajstić information content (AvgIpc) is 3.71. The summed E-state index contributed by atoms with van der Waals surface area (Å²) in [6.45, 7) is 0.429. The number of carbonyl (C=O) groups excluding carboxylic acids is 2.